The molecule has 166 valence electrons. The van der Waals surface area contributed by atoms with E-state index >= 15 is 0 Å². The van der Waals surface area contributed by atoms with Gasteiger partial charge in [-0.05, 0) is 49.3 Å². The van der Waals surface area contributed by atoms with Crippen LogP contribution in [-0.2, 0) is 5.41 Å². The van der Waals surface area contributed by atoms with Crippen LogP contribution in [0.2, 0.25) is 0 Å². The molecule has 3 aromatic rings. The fourth-order valence-corrected chi connectivity index (χ4v) is 4.34. The molecular weight excluding hydrogens is 410 g/mol. The SMILES string of the molecule is COc1ccc(OC)c2sc(N(CCN(C)C)C(=O)c3ccc(C(C)(C)C)cc3)nc12. The van der Waals surface area contributed by atoms with Crippen molar-refractivity contribution >= 4 is 32.6 Å². The van der Waals surface area contributed by atoms with Crippen LogP contribution >= 0.6 is 11.3 Å². The van der Waals surface area contributed by atoms with E-state index in [0.29, 0.717) is 34.3 Å². The molecule has 0 unspecified atom stereocenters. The highest BCUT2D eigenvalue weighted by molar-refractivity contribution is 7.22. The number of fused-ring (bicyclic) bond motifs is 1. The van der Waals surface area contributed by atoms with Gasteiger partial charge in [-0.2, -0.15) is 0 Å². The van der Waals surface area contributed by atoms with E-state index in [4.69, 9.17) is 14.5 Å². The summed E-state index contributed by atoms with van der Waals surface area (Å²) in [5.74, 6) is 1.31. The van der Waals surface area contributed by atoms with Crippen LogP contribution in [0, 0.1) is 0 Å². The number of carbonyl (C=O) groups excluding carboxylic acids is 1. The monoisotopic (exact) mass is 441 g/mol. The fraction of sp³-hybridized carbons (Fsp3) is 0.417. The molecular formula is C24H31N3O3S. The molecule has 31 heavy (non-hydrogen) atoms. The second-order valence-electron chi connectivity index (χ2n) is 8.73. The maximum absolute atomic E-state index is 13.5. The minimum absolute atomic E-state index is 0.0341. The average molecular weight is 442 g/mol. The normalized spacial score (nSPS) is 11.7. The molecule has 6 nitrogen and oxygen atoms in total. The van der Waals surface area contributed by atoms with E-state index in [1.807, 2.05) is 50.5 Å². The van der Waals surface area contributed by atoms with Crippen LogP contribution in [0.5, 0.6) is 11.5 Å². The van der Waals surface area contributed by atoms with Gasteiger partial charge in [0.2, 0.25) is 0 Å². The summed E-state index contributed by atoms with van der Waals surface area (Å²) in [5.41, 5.74) is 2.57. The van der Waals surface area contributed by atoms with Gasteiger partial charge >= 0.3 is 0 Å². The number of hydrogen-bond acceptors (Lipinski definition) is 6. The van der Waals surface area contributed by atoms with Crippen LogP contribution in [0.25, 0.3) is 10.2 Å². The number of rotatable bonds is 7. The second kappa shape index (κ2) is 9.24. The summed E-state index contributed by atoms with van der Waals surface area (Å²) >= 11 is 1.44. The minimum atomic E-state index is -0.0701. The topological polar surface area (TPSA) is 54.9 Å². The number of amides is 1. The smallest absolute Gasteiger partial charge is 0.260 e. The van der Waals surface area contributed by atoms with Crippen molar-refractivity contribution in [3.8, 4) is 11.5 Å². The molecule has 0 aliphatic heterocycles. The van der Waals surface area contributed by atoms with E-state index in [1.165, 1.54) is 16.9 Å². The third-order valence-electron chi connectivity index (χ3n) is 5.14. The zero-order valence-corrected chi connectivity index (χ0v) is 20.2. The molecule has 0 N–H and O–H groups in total. The van der Waals surface area contributed by atoms with Crippen LogP contribution in [0.15, 0.2) is 36.4 Å². The lowest BCUT2D eigenvalue weighted by molar-refractivity contribution is 0.0985. The molecule has 3 rings (SSSR count). The number of hydrogen-bond donors (Lipinski definition) is 0. The summed E-state index contributed by atoms with van der Waals surface area (Å²) in [6.07, 6.45) is 0. The summed E-state index contributed by atoms with van der Waals surface area (Å²) in [7, 11) is 7.23. The van der Waals surface area contributed by atoms with Crippen LogP contribution in [-0.4, -0.2) is 57.2 Å². The van der Waals surface area contributed by atoms with Gasteiger partial charge in [0.1, 0.15) is 21.7 Å². The van der Waals surface area contributed by atoms with Crippen molar-refractivity contribution in [3.05, 3.63) is 47.5 Å². The Morgan fingerprint density at radius 2 is 1.58 bits per heavy atom. The Labute approximate surface area is 188 Å². The maximum atomic E-state index is 13.5. The third kappa shape index (κ3) is 4.99. The molecule has 0 atom stereocenters. The van der Waals surface area contributed by atoms with Crippen molar-refractivity contribution in [2.24, 2.45) is 0 Å². The van der Waals surface area contributed by atoms with E-state index in [9.17, 15) is 4.79 Å². The van der Waals surface area contributed by atoms with Crippen molar-refractivity contribution in [1.29, 1.82) is 0 Å². The molecule has 1 heterocycles. The number of likely N-dealkylation sites (N-methyl/N-ethyl adjacent to an activating group) is 1. The Kier molecular flexibility index (Phi) is 6.86. The highest BCUT2D eigenvalue weighted by Crippen LogP contribution is 2.40. The van der Waals surface area contributed by atoms with Crippen molar-refractivity contribution < 1.29 is 14.3 Å². The van der Waals surface area contributed by atoms with E-state index in [2.05, 4.69) is 25.7 Å². The van der Waals surface area contributed by atoms with E-state index in [-0.39, 0.29) is 11.3 Å². The lowest BCUT2D eigenvalue weighted by atomic mass is 9.86. The standard InChI is InChI=1S/C24H31N3O3S/c1-24(2,3)17-10-8-16(9-11-17)22(28)27(15-14-26(4)5)23-25-20-18(29-6)12-13-19(30-7)21(20)31-23/h8-13H,14-15H2,1-7H3. The zero-order chi connectivity index (χ0) is 22.8. The molecule has 0 bridgehead atoms. The molecule has 7 heteroatoms. The largest absolute Gasteiger partial charge is 0.495 e. The van der Waals surface area contributed by atoms with Crippen molar-refractivity contribution in [3.63, 3.8) is 0 Å². The van der Waals surface area contributed by atoms with Gasteiger partial charge in [-0.1, -0.05) is 44.2 Å². The van der Waals surface area contributed by atoms with Crippen LogP contribution < -0.4 is 14.4 Å². The molecule has 1 aromatic heterocycles. The quantitative estimate of drug-likeness (QED) is 0.526. The number of benzene rings is 2. The van der Waals surface area contributed by atoms with Crippen molar-refractivity contribution in [2.45, 2.75) is 26.2 Å². The highest BCUT2D eigenvalue weighted by Gasteiger charge is 2.24. The number of carbonyl (C=O) groups is 1. The van der Waals surface area contributed by atoms with E-state index in [1.54, 1.807) is 19.1 Å². The summed E-state index contributed by atoms with van der Waals surface area (Å²) < 4.78 is 11.9. The predicted molar refractivity (Wildman–Crippen MR) is 128 cm³/mol. The maximum Gasteiger partial charge on any atom is 0.260 e. The van der Waals surface area contributed by atoms with E-state index < -0.39 is 0 Å². The first-order chi connectivity index (χ1) is 14.7. The summed E-state index contributed by atoms with van der Waals surface area (Å²) in [4.78, 5) is 22.1. The number of nitrogens with zero attached hydrogens (tertiary/aromatic N) is 3. The molecule has 1 amide bonds. The van der Waals surface area contributed by atoms with Gasteiger partial charge in [-0.25, -0.2) is 4.98 Å². The molecule has 2 aromatic carbocycles. The molecule has 0 saturated heterocycles. The highest BCUT2D eigenvalue weighted by atomic mass is 32.1. The first-order valence-corrected chi connectivity index (χ1v) is 11.1. The van der Waals surface area contributed by atoms with Gasteiger partial charge in [0.25, 0.3) is 5.91 Å². The van der Waals surface area contributed by atoms with Gasteiger partial charge in [-0.3, -0.25) is 9.69 Å². The van der Waals surface area contributed by atoms with Crippen molar-refractivity contribution in [1.82, 2.24) is 9.88 Å². The Hall–Kier alpha value is -2.64. The Morgan fingerprint density at radius 1 is 0.968 bits per heavy atom. The number of aromatic nitrogens is 1. The first-order valence-electron chi connectivity index (χ1n) is 10.2. The molecule has 0 aliphatic rings. The lowest BCUT2D eigenvalue weighted by Crippen LogP contribution is -2.36. The predicted octanol–water partition coefficient (Wildman–Crippen LogP) is 4.82. The minimum Gasteiger partial charge on any atom is -0.495 e. The Bertz CT molecular complexity index is 1010. The Balaban J connectivity index is 2.04. The number of methoxy groups -OCH3 is 2. The second-order valence-corrected chi connectivity index (χ2v) is 9.71. The van der Waals surface area contributed by atoms with Crippen molar-refractivity contribution in [2.75, 3.05) is 46.3 Å². The van der Waals surface area contributed by atoms with Crippen LogP contribution in [0.3, 0.4) is 0 Å². The average Bonchev–Trinajstić information content (AvgIpc) is 3.17. The van der Waals surface area contributed by atoms with Gasteiger partial charge in [0.05, 0.1) is 14.2 Å². The van der Waals surface area contributed by atoms with Crippen LogP contribution in [0.4, 0.5) is 5.13 Å². The van der Waals surface area contributed by atoms with E-state index in [0.717, 1.165) is 11.2 Å². The zero-order valence-electron chi connectivity index (χ0n) is 19.4. The molecule has 0 aliphatic carbocycles. The first kappa shape index (κ1) is 23.0. The van der Waals surface area contributed by atoms with Gasteiger partial charge in [0.15, 0.2) is 5.13 Å². The van der Waals surface area contributed by atoms with Gasteiger partial charge < -0.3 is 14.4 Å². The van der Waals surface area contributed by atoms with Crippen LogP contribution in [0.1, 0.15) is 36.7 Å². The van der Waals surface area contributed by atoms with Gasteiger partial charge in [-0.15, -0.1) is 0 Å². The summed E-state index contributed by atoms with van der Waals surface area (Å²) in [5, 5.41) is 0.629. The number of anilines is 1. The number of thiazole rings is 1. The molecule has 0 spiro atoms. The van der Waals surface area contributed by atoms with Gasteiger partial charge in [0, 0.05) is 18.7 Å². The molecule has 0 fully saturated rings. The molecule has 0 saturated carbocycles. The Morgan fingerprint density at radius 3 is 2.13 bits per heavy atom. The molecule has 0 radical (unpaired) electrons. The number of ether oxygens (including phenoxy) is 2. The fourth-order valence-electron chi connectivity index (χ4n) is 3.24. The lowest BCUT2D eigenvalue weighted by Gasteiger charge is -2.23. The summed E-state index contributed by atoms with van der Waals surface area (Å²) in [6.45, 7) is 7.73. The third-order valence-corrected chi connectivity index (χ3v) is 6.24. The summed E-state index contributed by atoms with van der Waals surface area (Å²) in [6, 6.07) is 11.6.